The quantitative estimate of drug-likeness (QED) is 0.756. The number of hydrogen-bond donors (Lipinski definition) is 2. The molecule has 1 aromatic carbocycles. The number of anilines is 2. The maximum atomic E-state index is 5.69. The van der Waals surface area contributed by atoms with Crippen LogP contribution in [0, 0.1) is 0 Å². The van der Waals surface area contributed by atoms with Gasteiger partial charge in [-0.15, -0.1) is 0 Å². The molecule has 1 atom stereocenters. The van der Waals surface area contributed by atoms with Crippen LogP contribution in [0.15, 0.2) is 36.8 Å². The number of hydrogen-bond acceptors (Lipinski definition) is 6. The largest absolute Gasteiger partial charge is 0.486 e. The van der Waals surface area contributed by atoms with E-state index in [1.165, 1.54) is 0 Å². The lowest BCUT2D eigenvalue weighted by molar-refractivity contribution is 0.171. The SMILES string of the molecule is c1nc(N2CCC[C@@H](Nc3ccc4c(c3)OCCO4)C2)c2cc[nH]c2n1. The van der Waals surface area contributed by atoms with E-state index in [2.05, 4.69) is 31.2 Å². The third-order valence-corrected chi connectivity index (χ3v) is 4.97. The normalized spacial score (nSPS) is 19.5. The predicted molar refractivity (Wildman–Crippen MR) is 100 cm³/mol. The zero-order chi connectivity index (χ0) is 17.3. The van der Waals surface area contributed by atoms with E-state index in [1.807, 2.05) is 24.4 Å². The number of rotatable bonds is 3. The molecule has 134 valence electrons. The van der Waals surface area contributed by atoms with Crippen molar-refractivity contribution in [2.75, 3.05) is 36.5 Å². The molecule has 3 aromatic rings. The molecule has 7 heteroatoms. The van der Waals surface area contributed by atoms with Crippen molar-refractivity contribution >= 4 is 22.5 Å². The lowest BCUT2D eigenvalue weighted by Gasteiger charge is -2.34. The minimum atomic E-state index is 0.357. The molecule has 0 bridgehead atoms. The molecule has 0 spiro atoms. The van der Waals surface area contributed by atoms with Gasteiger partial charge in [-0.25, -0.2) is 9.97 Å². The Hall–Kier alpha value is -2.96. The Morgan fingerprint density at radius 2 is 2.04 bits per heavy atom. The van der Waals surface area contributed by atoms with Crippen LogP contribution in [-0.4, -0.2) is 47.3 Å². The Morgan fingerprint density at radius 3 is 3.00 bits per heavy atom. The van der Waals surface area contributed by atoms with Gasteiger partial charge in [0.15, 0.2) is 11.5 Å². The first-order valence-electron chi connectivity index (χ1n) is 9.06. The van der Waals surface area contributed by atoms with E-state index < -0.39 is 0 Å². The zero-order valence-electron chi connectivity index (χ0n) is 14.4. The van der Waals surface area contributed by atoms with Crippen LogP contribution in [0.4, 0.5) is 11.5 Å². The van der Waals surface area contributed by atoms with E-state index in [-0.39, 0.29) is 0 Å². The molecule has 2 aliphatic rings. The second-order valence-corrected chi connectivity index (χ2v) is 6.73. The predicted octanol–water partition coefficient (Wildman–Crippen LogP) is 2.81. The summed E-state index contributed by atoms with van der Waals surface area (Å²) in [5.74, 6) is 2.64. The summed E-state index contributed by atoms with van der Waals surface area (Å²) in [5.41, 5.74) is 1.95. The second kappa shape index (κ2) is 6.40. The van der Waals surface area contributed by atoms with Gasteiger partial charge in [0.25, 0.3) is 0 Å². The summed E-state index contributed by atoms with van der Waals surface area (Å²) < 4.78 is 11.3. The summed E-state index contributed by atoms with van der Waals surface area (Å²) in [7, 11) is 0. The van der Waals surface area contributed by atoms with E-state index in [0.717, 1.165) is 60.0 Å². The van der Waals surface area contributed by atoms with Crippen LogP contribution in [0.5, 0.6) is 11.5 Å². The molecule has 0 unspecified atom stereocenters. The van der Waals surface area contributed by atoms with Crippen LogP contribution in [0.3, 0.4) is 0 Å². The van der Waals surface area contributed by atoms with E-state index in [4.69, 9.17) is 9.47 Å². The molecule has 7 nitrogen and oxygen atoms in total. The first-order chi connectivity index (χ1) is 12.9. The van der Waals surface area contributed by atoms with Gasteiger partial charge >= 0.3 is 0 Å². The average molecular weight is 351 g/mol. The third-order valence-electron chi connectivity index (χ3n) is 4.97. The highest BCUT2D eigenvalue weighted by Crippen LogP contribution is 2.33. The Bertz CT molecular complexity index is 925. The monoisotopic (exact) mass is 351 g/mol. The maximum Gasteiger partial charge on any atom is 0.163 e. The van der Waals surface area contributed by atoms with Crippen LogP contribution < -0.4 is 19.7 Å². The molecule has 2 aromatic heterocycles. The van der Waals surface area contributed by atoms with E-state index in [0.29, 0.717) is 19.3 Å². The van der Waals surface area contributed by atoms with Crippen molar-refractivity contribution in [1.82, 2.24) is 15.0 Å². The molecule has 0 aliphatic carbocycles. The molecule has 26 heavy (non-hydrogen) atoms. The van der Waals surface area contributed by atoms with Crippen LogP contribution in [0.25, 0.3) is 11.0 Å². The Kier molecular flexibility index (Phi) is 3.77. The van der Waals surface area contributed by atoms with Crippen molar-refractivity contribution in [1.29, 1.82) is 0 Å². The van der Waals surface area contributed by atoms with Crippen molar-refractivity contribution < 1.29 is 9.47 Å². The number of nitrogens with one attached hydrogen (secondary N) is 2. The minimum Gasteiger partial charge on any atom is -0.486 e. The summed E-state index contributed by atoms with van der Waals surface area (Å²) in [6.45, 7) is 3.14. The Morgan fingerprint density at radius 1 is 1.12 bits per heavy atom. The third kappa shape index (κ3) is 2.79. The van der Waals surface area contributed by atoms with Gasteiger partial charge in [0.2, 0.25) is 0 Å². The summed E-state index contributed by atoms with van der Waals surface area (Å²) in [6, 6.07) is 8.47. The number of ether oxygens (including phenoxy) is 2. The lowest BCUT2D eigenvalue weighted by Crippen LogP contribution is -2.42. The summed E-state index contributed by atoms with van der Waals surface area (Å²) in [4.78, 5) is 14.3. The number of fused-ring (bicyclic) bond motifs is 2. The van der Waals surface area contributed by atoms with Crippen LogP contribution >= 0.6 is 0 Å². The van der Waals surface area contributed by atoms with Crippen molar-refractivity contribution in [3.63, 3.8) is 0 Å². The molecular weight excluding hydrogens is 330 g/mol. The molecule has 0 radical (unpaired) electrons. The van der Waals surface area contributed by atoms with Gasteiger partial charge in [0.05, 0.1) is 5.39 Å². The van der Waals surface area contributed by atoms with Gasteiger partial charge in [0, 0.05) is 37.1 Å². The number of H-pyrrole nitrogens is 1. The van der Waals surface area contributed by atoms with Crippen molar-refractivity contribution in [2.24, 2.45) is 0 Å². The van der Waals surface area contributed by atoms with Gasteiger partial charge in [-0.05, 0) is 31.0 Å². The maximum absolute atomic E-state index is 5.69. The lowest BCUT2D eigenvalue weighted by atomic mass is 10.0. The first-order valence-corrected chi connectivity index (χ1v) is 9.06. The highest BCUT2D eigenvalue weighted by atomic mass is 16.6. The first kappa shape index (κ1) is 15.3. The highest BCUT2D eigenvalue weighted by Gasteiger charge is 2.23. The summed E-state index contributed by atoms with van der Waals surface area (Å²) in [5, 5.41) is 4.72. The van der Waals surface area contributed by atoms with Gasteiger partial charge < -0.3 is 24.7 Å². The van der Waals surface area contributed by atoms with Gasteiger partial charge in [-0.1, -0.05) is 0 Å². The van der Waals surface area contributed by atoms with Crippen LogP contribution in [0.1, 0.15) is 12.8 Å². The smallest absolute Gasteiger partial charge is 0.163 e. The molecule has 0 amide bonds. The van der Waals surface area contributed by atoms with Gasteiger partial charge in [-0.2, -0.15) is 0 Å². The molecule has 4 heterocycles. The fraction of sp³-hybridized carbons (Fsp3) is 0.368. The van der Waals surface area contributed by atoms with Crippen molar-refractivity contribution in [3.8, 4) is 11.5 Å². The number of nitrogens with zero attached hydrogens (tertiary/aromatic N) is 3. The number of piperidine rings is 1. The standard InChI is InChI=1S/C19H21N5O2/c1-2-14(23-13-3-4-16-17(10-13)26-9-8-25-16)11-24(7-1)19-15-5-6-20-18(15)21-12-22-19/h3-6,10,12,14,23H,1-2,7-9,11H2,(H,20,21,22)/t14-/m1/s1. The molecular formula is C19H21N5O2. The molecule has 5 rings (SSSR count). The highest BCUT2D eigenvalue weighted by molar-refractivity contribution is 5.87. The molecule has 0 saturated carbocycles. The molecule has 1 saturated heterocycles. The second-order valence-electron chi connectivity index (χ2n) is 6.73. The van der Waals surface area contributed by atoms with Crippen LogP contribution in [0.2, 0.25) is 0 Å². The Labute approximate surface area is 151 Å². The van der Waals surface area contributed by atoms with E-state index in [9.17, 15) is 0 Å². The van der Waals surface area contributed by atoms with Crippen LogP contribution in [-0.2, 0) is 0 Å². The fourth-order valence-electron chi connectivity index (χ4n) is 3.77. The molecule has 2 aliphatic heterocycles. The van der Waals surface area contributed by atoms with Gasteiger partial charge in [0.1, 0.15) is 31.0 Å². The van der Waals surface area contributed by atoms with E-state index in [1.54, 1.807) is 6.33 Å². The fourth-order valence-corrected chi connectivity index (χ4v) is 3.77. The summed E-state index contributed by atoms with van der Waals surface area (Å²) >= 11 is 0. The van der Waals surface area contributed by atoms with Crippen molar-refractivity contribution in [2.45, 2.75) is 18.9 Å². The van der Waals surface area contributed by atoms with Gasteiger partial charge in [-0.3, -0.25) is 0 Å². The topological polar surface area (TPSA) is 75.3 Å². The molecule has 2 N–H and O–H groups in total. The van der Waals surface area contributed by atoms with E-state index >= 15 is 0 Å². The number of aromatic nitrogens is 3. The number of aromatic amines is 1. The number of benzene rings is 1. The van der Waals surface area contributed by atoms with Crippen molar-refractivity contribution in [3.05, 3.63) is 36.8 Å². The Balaban J connectivity index is 1.34. The minimum absolute atomic E-state index is 0.357. The average Bonchev–Trinajstić information content (AvgIpc) is 3.17. The molecule has 1 fully saturated rings. The zero-order valence-corrected chi connectivity index (χ0v) is 14.4. The summed E-state index contributed by atoms with van der Waals surface area (Å²) in [6.07, 6.45) is 5.80.